The molecule has 3 aromatic carbocycles. The number of benzene rings is 3. The first-order valence-electron chi connectivity index (χ1n) is 11.5. The van der Waals surface area contributed by atoms with Crippen LogP contribution >= 0.6 is 11.8 Å². The second-order valence-corrected chi connectivity index (χ2v) is 9.37. The Balaban J connectivity index is 1.41. The van der Waals surface area contributed by atoms with E-state index in [1.807, 2.05) is 50.2 Å². The molecule has 0 atom stereocenters. The molecule has 3 aromatic rings. The third-order valence-electron chi connectivity index (χ3n) is 5.46. The number of hydrogen-bond acceptors (Lipinski definition) is 6. The highest BCUT2D eigenvalue weighted by molar-refractivity contribution is 8.18. The molecule has 2 N–H and O–H groups in total. The smallest absolute Gasteiger partial charge is 0.294 e. The fourth-order valence-corrected chi connectivity index (χ4v) is 4.40. The Morgan fingerprint density at radius 2 is 1.65 bits per heavy atom. The molecule has 4 rings (SSSR count). The van der Waals surface area contributed by atoms with Crippen LogP contribution in [-0.4, -0.2) is 41.0 Å². The number of amides is 4. The second-order valence-electron chi connectivity index (χ2n) is 8.38. The predicted octanol–water partition coefficient (Wildman–Crippen LogP) is 5.00. The molecule has 0 bridgehead atoms. The van der Waals surface area contributed by atoms with E-state index in [0.717, 1.165) is 27.8 Å². The number of rotatable bonds is 8. The lowest BCUT2D eigenvalue weighted by Gasteiger charge is -2.14. The monoisotopic (exact) mass is 515 g/mol. The van der Waals surface area contributed by atoms with Crippen molar-refractivity contribution in [3.63, 3.8) is 0 Å². The van der Waals surface area contributed by atoms with Crippen LogP contribution in [-0.2, 0) is 14.4 Å². The van der Waals surface area contributed by atoms with Gasteiger partial charge in [0.05, 0.1) is 4.91 Å². The third-order valence-corrected chi connectivity index (χ3v) is 6.37. The van der Waals surface area contributed by atoms with Crippen molar-refractivity contribution >= 4 is 52.2 Å². The highest BCUT2D eigenvalue weighted by atomic mass is 32.2. The zero-order valence-electron chi connectivity index (χ0n) is 20.3. The molecule has 37 heavy (non-hydrogen) atoms. The van der Waals surface area contributed by atoms with Crippen LogP contribution in [0.3, 0.4) is 0 Å². The van der Waals surface area contributed by atoms with E-state index in [-0.39, 0.29) is 17.4 Å². The number of thioether (sulfide) groups is 1. The Hall–Kier alpha value is -4.37. The van der Waals surface area contributed by atoms with Gasteiger partial charge in [-0.2, -0.15) is 0 Å². The molecule has 0 aliphatic carbocycles. The van der Waals surface area contributed by atoms with Crippen LogP contribution in [0.15, 0.2) is 77.7 Å². The summed E-state index contributed by atoms with van der Waals surface area (Å²) in [5.74, 6) is -0.991. The average Bonchev–Trinajstić information content (AvgIpc) is 3.13. The quantitative estimate of drug-likeness (QED) is 0.409. The summed E-state index contributed by atoms with van der Waals surface area (Å²) in [4.78, 5) is 51.4. The van der Waals surface area contributed by atoms with Crippen molar-refractivity contribution in [1.82, 2.24) is 4.90 Å². The van der Waals surface area contributed by atoms with Crippen molar-refractivity contribution in [2.75, 3.05) is 23.8 Å². The number of imide groups is 1. The number of nitrogens with one attached hydrogen (secondary N) is 2. The minimum absolute atomic E-state index is 0.161. The summed E-state index contributed by atoms with van der Waals surface area (Å²) < 4.78 is 5.68. The van der Waals surface area contributed by atoms with Crippen molar-refractivity contribution in [3.8, 4) is 5.75 Å². The van der Waals surface area contributed by atoms with Gasteiger partial charge in [0.2, 0.25) is 5.91 Å². The minimum atomic E-state index is -0.567. The highest BCUT2D eigenvalue weighted by Gasteiger charge is 2.36. The molecule has 0 unspecified atom stereocenters. The van der Waals surface area contributed by atoms with Crippen LogP contribution in [0.25, 0.3) is 6.08 Å². The Labute approximate surface area is 218 Å². The number of carbonyl (C=O) groups excluding carboxylic acids is 4. The summed E-state index contributed by atoms with van der Waals surface area (Å²) in [5, 5.41) is 4.97. The molecule has 1 fully saturated rings. The molecule has 0 aromatic heterocycles. The lowest BCUT2D eigenvalue weighted by Crippen LogP contribution is -2.36. The van der Waals surface area contributed by atoms with Crippen molar-refractivity contribution < 1.29 is 23.9 Å². The molecule has 0 spiro atoms. The average molecular weight is 516 g/mol. The van der Waals surface area contributed by atoms with E-state index in [0.29, 0.717) is 22.7 Å². The van der Waals surface area contributed by atoms with Crippen LogP contribution in [0.1, 0.15) is 16.7 Å². The van der Waals surface area contributed by atoms with E-state index in [4.69, 9.17) is 4.74 Å². The summed E-state index contributed by atoms with van der Waals surface area (Å²) in [7, 11) is 0. The Kier molecular flexibility index (Phi) is 8.05. The van der Waals surface area contributed by atoms with E-state index in [9.17, 15) is 19.2 Å². The van der Waals surface area contributed by atoms with E-state index >= 15 is 0 Å². The van der Waals surface area contributed by atoms with Gasteiger partial charge in [-0.05, 0) is 67.1 Å². The summed E-state index contributed by atoms with van der Waals surface area (Å²) in [6.07, 6.45) is 1.53. The van der Waals surface area contributed by atoms with Gasteiger partial charge in [0, 0.05) is 16.9 Å². The number of aryl methyl sites for hydroxylation is 2. The minimum Gasteiger partial charge on any atom is -0.483 e. The second kappa shape index (κ2) is 11.6. The SMILES string of the molecule is Cc1ccc(C)c(NC(=O)CN2C(=O)S/C(=C/c3ccccc3OCC(=O)Nc3ccccc3)C2=O)c1. The maximum atomic E-state index is 12.9. The lowest BCUT2D eigenvalue weighted by atomic mass is 10.1. The number of nitrogens with zero attached hydrogens (tertiary/aromatic N) is 1. The zero-order chi connectivity index (χ0) is 26.4. The van der Waals surface area contributed by atoms with Gasteiger partial charge in [0.15, 0.2) is 6.61 Å². The molecule has 1 aliphatic rings. The zero-order valence-corrected chi connectivity index (χ0v) is 21.1. The molecule has 1 aliphatic heterocycles. The first-order valence-corrected chi connectivity index (χ1v) is 12.3. The topological polar surface area (TPSA) is 105 Å². The number of anilines is 2. The molecule has 0 radical (unpaired) electrons. The molecule has 1 heterocycles. The lowest BCUT2D eigenvalue weighted by molar-refractivity contribution is -0.127. The predicted molar refractivity (Wildman–Crippen MR) is 144 cm³/mol. The Morgan fingerprint density at radius 3 is 2.43 bits per heavy atom. The number of para-hydroxylation sites is 2. The van der Waals surface area contributed by atoms with E-state index < -0.39 is 23.6 Å². The number of ether oxygens (including phenoxy) is 1. The van der Waals surface area contributed by atoms with Gasteiger partial charge < -0.3 is 15.4 Å². The molecule has 9 heteroatoms. The van der Waals surface area contributed by atoms with Crippen LogP contribution in [0.4, 0.5) is 16.2 Å². The Morgan fingerprint density at radius 1 is 0.919 bits per heavy atom. The van der Waals surface area contributed by atoms with Crippen LogP contribution in [0.5, 0.6) is 5.75 Å². The van der Waals surface area contributed by atoms with Gasteiger partial charge in [0.25, 0.3) is 17.1 Å². The maximum Gasteiger partial charge on any atom is 0.294 e. The standard InChI is InChI=1S/C28H25N3O5S/c1-18-12-13-19(2)22(14-18)30-25(32)16-31-27(34)24(37-28(31)35)15-20-8-6-7-11-23(20)36-17-26(33)29-21-9-4-3-5-10-21/h3-15H,16-17H2,1-2H3,(H,29,33)(H,30,32)/b24-15+. The number of hydrogen-bond donors (Lipinski definition) is 2. The first kappa shape index (κ1) is 25.7. The molecule has 8 nitrogen and oxygen atoms in total. The number of carbonyl (C=O) groups is 4. The molecule has 0 saturated carbocycles. The van der Waals surface area contributed by atoms with Crippen molar-refractivity contribution in [1.29, 1.82) is 0 Å². The fraction of sp³-hybridized carbons (Fsp3) is 0.143. The summed E-state index contributed by atoms with van der Waals surface area (Å²) in [5.41, 5.74) is 3.67. The van der Waals surface area contributed by atoms with Crippen molar-refractivity contribution in [2.24, 2.45) is 0 Å². The van der Waals surface area contributed by atoms with E-state index in [1.54, 1.807) is 36.4 Å². The van der Waals surface area contributed by atoms with E-state index in [1.165, 1.54) is 6.08 Å². The van der Waals surface area contributed by atoms with Crippen LogP contribution in [0.2, 0.25) is 0 Å². The van der Waals surface area contributed by atoms with Gasteiger partial charge in [0.1, 0.15) is 12.3 Å². The van der Waals surface area contributed by atoms with Crippen LogP contribution < -0.4 is 15.4 Å². The maximum absolute atomic E-state index is 12.9. The van der Waals surface area contributed by atoms with Crippen molar-refractivity contribution in [3.05, 3.63) is 94.4 Å². The third kappa shape index (κ3) is 6.65. The molecular weight excluding hydrogens is 490 g/mol. The van der Waals surface area contributed by atoms with E-state index in [2.05, 4.69) is 10.6 Å². The van der Waals surface area contributed by atoms with Crippen LogP contribution in [0, 0.1) is 13.8 Å². The van der Waals surface area contributed by atoms with Gasteiger partial charge in [-0.15, -0.1) is 0 Å². The van der Waals surface area contributed by atoms with Gasteiger partial charge in [-0.1, -0.05) is 48.5 Å². The van der Waals surface area contributed by atoms with Gasteiger partial charge in [-0.3, -0.25) is 24.1 Å². The highest BCUT2D eigenvalue weighted by Crippen LogP contribution is 2.34. The molecule has 188 valence electrons. The van der Waals surface area contributed by atoms with Crippen molar-refractivity contribution in [2.45, 2.75) is 13.8 Å². The summed E-state index contributed by atoms with van der Waals surface area (Å²) in [6, 6.07) is 21.5. The van der Waals surface area contributed by atoms with Gasteiger partial charge >= 0.3 is 0 Å². The summed E-state index contributed by atoms with van der Waals surface area (Å²) in [6.45, 7) is 3.14. The molecular formula is C28H25N3O5S. The fourth-order valence-electron chi connectivity index (χ4n) is 3.57. The molecule has 1 saturated heterocycles. The Bertz CT molecular complexity index is 1390. The molecule has 4 amide bonds. The van der Waals surface area contributed by atoms with Gasteiger partial charge in [-0.25, -0.2) is 0 Å². The normalized spacial score (nSPS) is 14.1. The largest absolute Gasteiger partial charge is 0.483 e. The first-order chi connectivity index (χ1) is 17.8. The summed E-state index contributed by atoms with van der Waals surface area (Å²) >= 11 is 0.749.